The minimum absolute atomic E-state index is 0.0132. The zero-order valence-electron chi connectivity index (χ0n) is 16.6. The first kappa shape index (κ1) is 23.5. The van der Waals surface area contributed by atoms with Crippen molar-refractivity contribution in [2.24, 2.45) is 16.6 Å². The van der Waals surface area contributed by atoms with Crippen LogP contribution in [0.4, 0.5) is 0 Å². The molecule has 2 rings (SSSR count). The molecule has 29 heavy (non-hydrogen) atoms. The molecule has 0 bridgehead atoms. The molecule has 1 amide bonds. The number of Topliss-reactive ketones (excluding diaryl/α,β-unsaturated/α-hetero) is 1. The van der Waals surface area contributed by atoms with Gasteiger partial charge < -0.3 is 15.2 Å². The molecule has 12 heteroatoms. The maximum Gasteiger partial charge on any atom is 0.478 e. The quantitative estimate of drug-likeness (QED) is 0.229. The number of ether oxygens (including phenoxy) is 2. The van der Waals surface area contributed by atoms with Gasteiger partial charge >= 0.3 is 19.8 Å². The summed E-state index contributed by atoms with van der Waals surface area (Å²) in [6.07, 6.45) is -0.211. The second-order valence-electron chi connectivity index (χ2n) is 7.72. The van der Waals surface area contributed by atoms with Gasteiger partial charge in [0.1, 0.15) is 11.5 Å². The third-order valence-electron chi connectivity index (χ3n) is 4.88. The zero-order chi connectivity index (χ0) is 21.9. The number of amides is 1. The van der Waals surface area contributed by atoms with Crippen LogP contribution in [0.1, 0.15) is 46.0 Å². The first-order chi connectivity index (χ1) is 13.5. The van der Waals surface area contributed by atoms with E-state index in [0.717, 1.165) is 0 Å². The van der Waals surface area contributed by atoms with Crippen molar-refractivity contribution < 1.29 is 46.8 Å². The molecule has 0 radical (unpaired) electrons. The summed E-state index contributed by atoms with van der Waals surface area (Å²) in [4.78, 5) is 46.9. The number of primary amides is 1. The van der Waals surface area contributed by atoms with Crippen LogP contribution in [0.2, 0.25) is 0 Å². The first-order valence-electron chi connectivity index (χ1n) is 9.10. The lowest BCUT2D eigenvalue weighted by Crippen LogP contribution is -2.45. The lowest BCUT2D eigenvalue weighted by atomic mass is 9.84. The summed E-state index contributed by atoms with van der Waals surface area (Å²) in [5.74, 6) is -2.47. The second kappa shape index (κ2) is 8.91. The SMILES string of the molecule is COC(=O)CCCC(=O)[C@@H]1O[P@@](=O)(OCOC(=O)C2(C(N)=O)CC2)OCC1(C)C. The molecule has 2 aliphatic rings. The molecule has 11 nitrogen and oxygen atoms in total. The van der Waals surface area contributed by atoms with Gasteiger partial charge in [0, 0.05) is 18.3 Å². The number of ketones is 1. The van der Waals surface area contributed by atoms with Crippen molar-refractivity contribution in [1.29, 1.82) is 0 Å². The number of phosphoric acid groups is 1. The number of hydrogen-bond acceptors (Lipinski definition) is 10. The van der Waals surface area contributed by atoms with Crippen LogP contribution in [-0.2, 0) is 46.8 Å². The summed E-state index contributed by atoms with van der Waals surface area (Å²) in [7, 11) is -2.92. The predicted octanol–water partition coefficient (Wildman–Crippen LogP) is 1.23. The normalized spacial score (nSPS) is 26.9. The number of carbonyl (C=O) groups excluding carboxylic acids is 4. The molecule has 0 spiro atoms. The number of nitrogens with two attached hydrogens (primary N) is 1. The third-order valence-corrected chi connectivity index (χ3v) is 6.21. The Kier molecular flexibility index (Phi) is 7.21. The number of esters is 2. The van der Waals surface area contributed by atoms with Crippen LogP contribution in [0, 0.1) is 10.8 Å². The standard InChI is InChI=1S/C17H26NO10P/c1-16(2)9-26-29(23,27-10-25-15(22)17(7-8-17)14(18)21)28-13(16)11(19)5-4-6-12(20)24-3/h13H,4-10H2,1-3H3,(H2,18,21)/t13-,29+/m0/s1. The molecular weight excluding hydrogens is 409 g/mol. The van der Waals surface area contributed by atoms with Gasteiger partial charge in [0.2, 0.25) is 12.7 Å². The maximum atomic E-state index is 12.7. The highest BCUT2D eigenvalue weighted by Crippen LogP contribution is 2.57. The smallest absolute Gasteiger partial charge is 0.469 e. The maximum absolute atomic E-state index is 12.7. The topological polar surface area (TPSA) is 158 Å². The largest absolute Gasteiger partial charge is 0.478 e. The van der Waals surface area contributed by atoms with Crippen molar-refractivity contribution in [1.82, 2.24) is 0 Å². The van der Waals surface area contributed by atoms with Crippen molar-refractivity contribution >= 4 is 31.5 Å². The second-order valence-corrected chi connectivity index (χ2v) is 9.34. The molecule has 1 saturated heterocycles. The third kappa shape index (κ3) is 5.63. The number of carbonyl (C=O) groups is 4. The van der Waals surface area contributed by atoms with Gasteiger partial charge in [-0.3, -0.25) is 28.2 Å². The molecule has 1 heterocycles. The molecule has 1 aliphatic heterocycles. The van der Waals surface area contributed by atoms with E-state index in [2.05, 4.69) is 4.74 Å². The van der Waals surface area contributed by atoms with E-state index in [9.17, 15) is 23.7 Å². The van der Waals surface area contributed by atoms with Crippen LogP contribution in [0.15, 0.2) is 0 Å². The Morgan fingerprint density at radius 2 is 1.83 bits per heavy atom. The summed E-state index contributed by atoms with van der Waals surface area (Å²) in [5.41, 5.74) is 3.03. The highest BCUT2D eigenvalue weighted by Gasteiger charge is 2.57. The van der Waals surface area contributed by atoms with E-state index < -0.39 is 49.4 Å². The van der Waals surface area contributed by atoms with E-state index in [1.807, 2.05) is 0 Å². The molecule has 0 aromatic carbocycles. The molecule has 164 valence electrons. The Morgan fingerprint density at radius 1 is 1.17 bits per heavy atom. The summed E-state index contributed by atoms with van der Waals surface area (Å²) in [5, 5.41) is 0. The lowest BCUT2D eigenvalue weighted by Gasteiger charge is -2.39. The van der Waals surface area contributed by atoms with E-state index in [4.69, 9.17) is 24.0 Å². The van der Waals surface area contributed by atoms with Gasteiger partial charge in [0.15, 0.2) is 5.78 Å². The van der Waals surface area contributed by atoms with E-state index in [1.54, 1.807) is 13.8 Å². The summed E-state index contributed by atoms with van der Waals surface area (Å²) < 4.78 is 37.5. The average Bonchev–Trinajstić information content (AvgIpc) is 3.46. The van der Waals surface area contributed by atoms with Crippen LogP contribution < -0.4 is 5.73 Å². The molecule has 2 fully saturated rings. The summed E-state index contributed by atoms with van der Waals surface area (Å²) in [6, 6.07) is 0. The predicted molar refractivity (Wildman–Crippen MR) is 96.0 cm³/mol. The monoisotopic (exact) mass is 435 g/mol. The van der Waals surface area contributed by atoms with Crippen LogP contribution in [0.25, 0.3) is 0 Å². The summed E-state index contributed by atoms with van der Waals surface area (Å²) in [6.45, 7) is 2.51. The zero-order valence-corrected chi connectivity index (χ0v) is 17.5. The van der Waals surface area contributed by atoms with Gasteiger partial charge in [-0.05, 0) is 19.3 Å². The minimum atomic E-state index is -4.18. The fraction of sp³-hybridized carbons (Fsp3) is 0.765. The minimum Gasteiger partial charge on any atom is -0.469 e. The van der Waals surface area contributed by atoms with E-state index in [1.165, 1.54) is 7.11 Å². The lowest BCUT2D eigenvalue weighted by molar-refractivity contribution is -0.163. The van der Waals surface area contributed by atoms with Crippen molar-refractivity contribution in [3.63, 3.8) is 0 Å². The average molecular weight is 435 g/mol. The molecule has 1 aliphatic carbocycles. The molecule has 0 aromatic rings. The van der Waals surface area contributed by atoms with Crippen molar-refractivity contribution in [2.75, 3.05) is 20.5 Å². The van der Waals surface area contributed by atoms with E-state index in [0.29, 0.717) is 0 Å². The first-order valence-corrected chi connectivity index (χ1v) is 10.6. The van der Waals surface area contributed by atoms with Crippen molar-refractivity contribution in [3.8, 4) is 0 Å². The number of methoxy groups -OCH3 is 1. The molecule has 2 N–H and O–H groups in total. The van der Waals surface area contributed by atoms with Crippen molar-refractivity contribution in [2.45, 2.75) is 52.1 Å². The number of hydrogen-bond donors (Lipinski definition) is 1. The molecule has 2 atom stereocenters. The van der Waals surface area contributed by atoms with E-state index in [-0.39, 0.29) is 44.5 Å². The molecule has 1 saturated carbocycles. The molecule has 0 unspecified atom stereocenters. The Hall–Kier alpha value is -1.81. The number of rotatable bonds is 10. The van der Waals surface area contributed by atoms with Gasteiger partial charge in [0.25, 0.3) is 0 Å². The van der Waals surface area contributed by atoms with E-state index >= 15 is 0 Å². The van der Waals surface area contributed by atoms with Crippen LogP contribution in [0.3, 0.4) is 0 Å². The van der Waals surface area contributed by atoms with Crippen LogP contribution >= 0.6 is 7.82 Å². The Balaban J connectivity index is 1.90. The summed E-state index contributed by atoms with van der Waals surface area (Å²) >= 11 is 0. The fourth-order valence-corrected chi connectivity index (χ4v) is 4.31. The number of phosphoric ester groups is 1. The molecule has 0 aromatic heterocycles. The van der Waals surface area contributed by atoms with Crippen LogP contribution in [-0.4, -0.2) is 50.2 Å². The van der Waals surface area contributed by atoms with Gasteiger partial charge in [-0.2, -0.15) is 0 Å². The van der Waals surface area contributed by atoms with Gasteiger partial charge in [0.05, 0.1) is 13.7 Å². The Labute approximate surface area is 168 Å². The molecular formula is C17H26NO10P. The van der Waals surface area contributed by atoms with Crippen molar-refractivity contribution in [3.05, 3.63) is 0 Å². The Morgan fingerprint density at radius 3 is 2.38 bits per heavy atom. The highest BCUT2D eigenvalue weighted by molar-refractivity contribution is 7.48. The fourth-order valence-electron chi connectivity index (χ4n) is 2.78. The van der Waals surface area contributed by atoms with Gasteiger partial charge in [-0.25, -0.2) is 9.09 Å². The van der Waals surface area contributed by atoms with Gasteiger partial charge in [-0.1, -0.05) is 13.8 Å². The van der Waals surface area contributed by atoms with Crippen LogP contribution in [0.5, 0.6) is 0 Å². The van der Waals surface area contributed by atoms with Gasteiger partial charge in [-0.15, -0.1) is 0 Å². The highest BCUT2D eigenvalue weighted by atomic mass is 31.2. The Bertz CT molecular complexity index is 730.